The lowest BCUT2D eigenvalue weighted by Gasteiger charge is -2.17. The molecule has 9 heteroatoms. The molecule has 186 valence electrons. The summed E-state index contributed by atoms with van der Waals surface area (Å²) < 4.78 is 7.16. The maximum Gasteiger partial charge on any atom is 0.260 e. The number of nitrogens with one attached hydrogen (secondary N) is 1. The highest BCUT2D eigenvalue weighted by molar-refractivity contribution is 6.33. The van der Waals surface area contributed by atoms with Crippen molar-refractivity contribution in [2.24, 2.45) is 0 Å². The van der Waals surface area contributed by atoms with Crippen LogP contribution in [0.1, 0.15) is 12.1 Å². The summed E-state index contributed by atoms with van der Waals surface area (Å²) >= 11 is 6.74. The number of halogens is 1. The smallest absolute Gasteiger partial charge is 0.260 e. The molecule has 4 aromatic rings. The summed E-state index contributed by atoms with van der Waals surface area (Å²) in [6.07, 6.45) is 2.66. The number of hydrogen-bond acceptors (Lipinski definition) is 7. The minimum Gasteiger partial charge on any atom is -0.379 e. The van der Waals surface area contributed by atoms with Crippen LogP contribution in [0.3, 0.4) is 0 Å². The molecule has 4 heterocycles. The number of ether oxygens (including phenoxy) is 1. The quantitative estimate of drug-likeness (QED) is 0.403. The number of benzene rings is 1. The van der Waals surface area contributed by atoms with Crippen LogP contribution in [-0.4, -0.2) is 64.3 Å². The summed E-state index contributed by atoms with van der Waals surface area (Å²) in [5.74, 6) is 0.497. The summed E-state index contributed by atoms with van der Waals surface area (Å²) in [5, 5.41) is 4.59. The van der Waals surface area contributed by atoms with Gasteiger partial charge in [0, 0.05) is 58.7 Å². The van der Waals surface area contributed by atoms with E-state index in [9.17, 15) is 4.79 Å². The summed E-state index contributed by atoms with van der Waals surface area (Å²) in [4.78, 5) is 29.6. The van der Waals surface area contributed by atoms with Gasteiger partial charge in [0.25, 0.3) is 5.56 Å². The molecule has 1 aliphatic heterocycles. The van der Waals surface area contributed by atoms with Crippen molar-refractivity contribution in [1.82, 2.24) is 24.4 Å². The van der Waals surface area contributed by atoms with E-state index < -0.39 is 0 Å². The van der Waals surface area contributed by atoms with E-state index in [0.29, 0.717) is 47.4 Å². The van der Waals surface area contributed by atoms with Crippen LogP contribution >= 0.6 is 11.6 Å². The highest BCUT2D eigenvalue weighted by Crippen LogP contribution is 2.31. The molecule has 0 bridgehead atoms. The van der Waals surface area contributed by atoms with E-state index >= 15 is 0 Å². The Morgan fingerprint density at radius 2 is 2.03 bits per heavy atom. The number of aromatic nitrogens is 4. The van der Waals surface area contributed by atoms with Gasteiger partial charge in [-0.15, -0.1) is 0 Å². The largest absolute Gasteiger partial charge is 0.379 e. The average Bonchev–Trinajstić information content (AvgIpc) is 3.36. The normalized spacial score (nSPS) is 15.6. The first-order valence-electron chi connectivity index (χ1n) is 12.0. The first kappa shape index (κ1) is 24.4. The van der Waals surface area contributed by atoms with Crippen molar-refractivity contribution in [3.63, 3.8) is 0 Å². The zero-order chi connectivity index (χ0) is 25.2. The average molecular weight is 505 g/mol. The molecule has 1 fully saturated rings. The molecule has 8 nitrogen and oxygen atoms in total. The molecule has 0 unspecified atom stereocenters. The SMILES string of the molecule is Cc1cccc(-c2ccc(-c3cc4cnc(N[C@H]5CCOC5)nc4n(CCN(C)C)c3=O)c(Cl)c2)n1. The Hall–Kier alpha value is -3.33. The zero-order valence-corrected chi connectivity index (χ0v) is 21.4. The lowest BCUT2D eigenvalue weighted by Crippen LogP contribution is -2.29. The van der Waals surface area contributed by atoms with Crippen molar-refractivity contribution in [3.05, 3.63) is 69.7 Å². The number of pyridine rings is 2. The molecule has 3 aromatic heterocycles. The summed E-state index contributed by atoms with van der Waals surface area (Å²) in [7, 11) is 3.96. The Kier molecular flexibility index (Phi) is 7.00. The highest BCUT2D eigenvalue weighted by atomic mass is 35.5. The van der Waals surface area contributed by atoms with E-state index in [4.69, 9.17) is 21.3 Å². The predicted molar refractivity (Wildman–Crippen MR) is 144 cm³/mol. The monoisotopic (exact) mass is 504 g/mol. The van der Waals surface area contributed by atoms with E-state index in [0.717, 1.165) is 35.4 Å². The van der Waals surface area contributed by atoms with Crippen LogP contribution in [0.25, 0.3) is 33.4 Å². The first-order valence-corrected chi connectivity index (χ1v) is 12.4. The molecular weight excluding hydrogens is 476 g/mol. The maximum atomic E-state index is 13.8. The number of fused-ring (bicyclic) bond motifs is 1. The molecule has 36 heavy (non-hydrogen) atoms. The molecule has 0 amide bonds. The predicted octanol–water partition coefficient (Wildman–Crippen LogP) is 4.24. The lowest BCUT2D eigenvalue weighted by atomic mass is 10.0. The number of hydrogen-bond donors (Lipinski definition) is 1. The highest BCUT2D eigenvalue weighted by Gasteiger charge is 2.19. The van der Waals surface area contributed by atoms with Crippen LogP contribution < -0.4 is 10.9 Å². The molecule has 0 aliphatic carbocycles. The van der Waals surface area contributed by atoms with Gasteiger partial charge in [-0.2, -0.15) is 4.98 Å². The summed E-state index contributed by atoms with van der Waals surface area (Å²) in [5.41, 5.74) is 4.32. The Morgan fingerprint density at radius 1 is 1.17 bits per heavy atom. The van der Waals surface area contributed by atoms with Crippen LogP contribution in [0.4, 0.5) is 5.95 Å². The van der Waals surface area contributed by atoms with Gasteiger partial charge in [0.1, 0.15) is 5.65 Å². The molecule has 5 rings (SSSR count). The summed E-state index contributed by atoms with van der Waals surface area (Å²) in [6, 6.07) is 13.6. The van der Waals surface area contributed by atoms with Crippen LogP contribution in [0.5, 0.6) is 0 Å². The molecule has 0 spiro atoms. The van der Waals surface area contributed by atoms with Crippen molar-refractivity contribution >= 4 is 28.6 Å². The van der Waals surface area contributed by atoms with Crippen molar-refractivity contribution < 1.29 is 4.74 Å². The Bertz CT molecular complexity index is 1460. The minimum atomic E-state index is -0.137. The Balaban J connectivity index is 1.58. The number of likely N-dealkylation sites (N-methyl/N-ethyl adjacent to an activating group) is 1. The van der Waals surface area contributed by atoms with E-state index in [2.05, 4.69) is 15.3 Å². The fourth-order valence-electron chi connectivity index (χ4n) is 4.36. The molecule has 1 atom stereocenters. The third-order valence-electron chi connectivity index (χ3n) is 6.30. The molecule has 0 radical (unpaired) electrons. The lowest BCUT2D eigenvalue weighted by molar-refractivity contribution is 0.195. The molecule has 1 aliphatic rings. The van der Waals surface area contributed by atoms with Gasteiger partial charge in [0.05, 0.1) is 18.3 Å². The molecule has 1 aromatic carbocycles. The third-order valence-corrected chi connectivity index (χ3v) is 6.62. The number of anilines is 1. The number of nitrogens with zero attached hydrogens (tertiary/aromatic N) is 5. The minimum absolute atomic E-state index is 0.137. The van der Waals surface area contributed by atoms with E-state index in [1.807, 2.05) is 68.4 Å². The maximum absolute atomic E-state index is 13.8. The van der Waals surface area contributed by atoms with Gasteiger partial charge in [-0.3, -0.25) is 14.3 Å². The van der Waals surface area contributed by atoms with Crippen LogP contribution in [0.15, 0.2) is 53.5 Å². The van der Waals surface area contributed by atoms with Crippen molar-refractivity contribution in [2.45, 2.75) is 25.9 Å². The van der Waals surface area contributed by atoms with Gasteiger partial charge < -0.3 is 15.0 Å². The summed E-state index contributed by atoms with van der Waals surface area (Å²) in [6.45, 7) is 4.48. The molecule has 1 N–H and O–H groups in total. The molecular formula is C27H29ClN6O2. The van der Waals surface area contributed by atoms with E-state index in [-0.39, 0.29) is 11.6 Å². The second-order valence-corrected chi connectivity index (χ2v) is 9.76. The van der Waals surface area contributed by atoms with E-state index in [1.54, 1.807) is 10.8 Å². The second kappa shape index (κ2) is 10.3. The van der Waals surface area contributed by atoms with Crippen molar-refractivity contribution in [1.29, 1.82) is 0 Å². The Labute approximate surface area is 214 Å². The zero-order valence-electron chi connectivity index (χ0n) is 20.7. The van der Waals surface area contributed by atoms with Crippen LogP contribution in [0.2, 0.25) is 5.02 Å². The van der Waals surface area contributed by atoms with Crippen LogP contribution in [-0.2, 0) is 11.3 Å². The number of aryl methyl sites for hydroxylation is 1. The van der Waals surface area contributed by atoms with Gasteiger partial charge >= 0.3 is 0 Å². The standard InChI is InChI=1S/C27H29ClN6O2/c1-17-5-4-6-24(30-17)18-7-8-21(23(28)14-18)22-13-19-15-29-27(31-20-9-12-36-16-20)32-25(19)34(26(22)35)11-10-33(2)3/h4-8,13-15,20H,9-12,16H2,1-3H3,(H,29,31,32)/t20-/m0/s1. The third kappa shape index (κ3) is 5.11. The fourth-order valence-corrected chi connectivity index (χ4v) is 4.64. The van der Waals surface area contributed by atoms with Crippen LogP contribution in [0, 0.1) is 6.92 Å². The van der Waals surface area contributed by atoms with Crippen molar-refractivity contribution in [2.75, 3.05) is 39.2 Å². The molecule has 0 saturated carbocycles. The fraction of sp³-hybridized carbons (Fsp3) is 0.333. The van der Waals surface area contributed by atoms with Gasteiger partial charge in [-0.05, 0) is 51.7 Å². The van der Waals surface area contributed by atoms with E-state index in [1.165, 1.54) is 0 Å². The Morgan fingerprint density at radius 3 is 2.75 bits per heavy atom. The topological polar surface area (TPSA) is 85.2 Å². The second-order valence-electron chi connectivity index (χ2n) is 9.35. The van der Waals surface area contributed by atoms with Gasteiger partial charge in [0.2, 0.25) is 5.95 Å². The molecule has 1 saturated heterocycles. The first-order chi connectivity index (χ1) is 17.4. The van der Waals surface area contributed by atoms with Gasteiger partial charge in [-0.1, -0.05) is 29.8 Å². The van der Waals surface area contributed by atoms with Crippen molar-refractivity contribution in [3.8, 4) is 22.4 Å². The van der Waals surface area contributed by atoms with Gasteiger partial charge in [0.15, 0.2) is 0 Å². The van der Waals surface area contributed by atoms with Gasteiger partial charge in [-0.25, -0.2) is 4.98 Å². The number of rotatable bonds is 7.